The van der Waals surface area contributed by atoms with E-state index in [9.17, 15) is 4.79 Å². The van der Waals surface area contributed by atoms with Crippen LogP contribution >= 0.6 is 0 Å². The second-order valence-electron chi connectivity index (χ2n) is 9.26. The van der Waals surface area contributed by atoms with Crippen molar-refractivity contribution >= 4 is 5.97 Å². The molecule has 2 fully saturated rings. The van der Waals surface area contributed by atoms with Crippen LogP contribution in [0.5, 0.6) is 0 Å². The molecule has 2 nitrogen and oxygen atoms in total. The molecule has 0 N–H and O–H groups in total. The molecule has 0 heterocycles. The van der Waals surface area contributed by atoms with Crippen LogP contribution in [0.2, 0.25) is 0 Å². The summed E-state index contributed by atoms with van der Waals surface area (Å²) in [4.78, 5) is 13.0. The summed E-state index contributed by atoms with van der Waals surface area (Å²) >= 11 is 0. The Morgan fingerprint density at radius 2 is 1.73 bits per heavy atom. The topological polar surface area (TPSA) is 26.3 Å². The summed E-state index contributed by atoms with van der Waals surface area (Å²) < 4.78 is 6.17. The Kier molecular flexibility index (Phi) is 5.00. The molecule has 0 aliphatic heterocycles. The van der Waals surface area contributed by atoms with Gasteiger partial charge in [0.1, 0.15) is 6.10 Å². The van der Waals surface area contributed by atoms with E-state index in [1.165, 1.54) is 12.8 Å². The van der Waals surface area contributed by atoms with Gasteiger partial charge < -0.3 is 4.74 Å². The molecule has 0 amide bonds. The molecule has 0 aromatic carbocycles. The maximum atomic E-state index is 13.0. The zero-order valence-electron chi connectivity index (χ0n) is 15.7. The highest BCUT2D eigenvalue weighted by Crippen LogP contribution is 2.56. The number of rotatable bonds is 3. The van der Waals surface area contributed by atoms with Crippen molar-refractivity contribution in [3.05, 3.63) is 0 Å². The number of carbonyl (C=O) groups excluding carboxylic acids is 1. The van der Waals surface area contributed by atoms with Gasteiger partial charge in [-0.25, -0.2) is 0 Å². The third-order valence-electron chi connectivity index (χ3n) is 7.40. The fourth-order valence-electron chi connectivity index (χ4n) is 4.61. The first kappa shape index (κ1) is 17.8. The predicted octanol–water partition coefficient (Wildman–Crippen LogP) is 5.45. The Morgan fingerprint density at radius 1 is 1.09 bits per heavy atom. The van der Waals surface area contributed by atoms with Gasteiger partial charge in [0.05, 0.1) is 5.41 Å². The zero-order chi connectivity index (χ0) is 16.7. The molecule has 0 aromatic rings. The van der Waals surface area contributed by atoms with E-state index in [1.807, 2.05) is 0 Å². The second kappa shape index (κ2) is 6.17. The first-order valence-electron chi connectivity index (χ1n) is 9.30. The molecule has 0 radical (unpaired) electrons. The van der Waals surface area contributed by atoms with E-state index in [2.05, 4.69) is 48.5 Å². The number of carbonyl (C=O) groups is 1. The molecule has 2 saturated carbocycles. The molecule has 0 saturated heterocycles. The van der Waals surface area contributed by atoms with Crippen molar-refractivity contribution in [3.63, 3.8) is 0 Å². The largest absolute Gasteiger partial charge is 0.462 e. The molecule has 0 aromatic heterocycles. The van der Waals surface area contributed by atoms with Gasteiger partial charge in [-0.3, -0.25) is 4.79 Å². The van der Waals surface area contributed by atoms with E-state index in [1.54, 1.807) is 0 Å². The fourth-order valence-corrected chi connectivity index (χ4v) is 4.61. The van der Waals surface area contributed by atoms with Crippen LogP contribution in [0, 0.1) is 34.5 Å². The van der Waals surface area contributed by atoms with Crippen LogP contribution in [-0.4, -0.2) is 12.1 Å². The number of hydrogen-bond donors (Lipinski definition) is 0. The first-order valence-corrected chi connectivity index (χ1v) is 9.30. The average Bonchev–Trinajstić information content (AvgIpc) is 2.63. The minimum absolute atomic E-state index is 0.0255. The third kappa shape index (κ3) is 2.95. The van der Waals surface area contributed by atoms with Gasteiger partial charge in [0.25, 0.3) is 0 Å². The molecule has 0 bridgehead atoms. The van der Waals surface area contributed by atoms with Gasteiger partial charge in [-0.2, -0.15) is 0 Å². The molecule has 2 rings (SSSR count). The molecule has 128 valence electrons. The van der Waals surface area contributed by atoms with Crippen molar-refractivity contribution in [2.75, 3.05) is 0 Å². The molecule has 2 heteroatoms. The molecule has 0 spiro atoms. The highest BCUT2D eigenvalue weighted by molar-refractivity contribution is 5.78. The van der Waals surface area contributed by atoms with Crippen LogP contribution in [0.3, 0.4) is 0 Å². The maximum absolute atomic E-state index is 13.0. The molecule has 2 aliphatic rings. The summed E-state index contributed by atoms with van der Waals surface area (Å²) in [5.41, 5.74) is -0.299. The summed E-state index contributed by atoms with van der Waals surface area (Å²) in [5.74, 6) is 2.44. The monoisotopic (exact) mass is 308 g/mol. The van der Waals surface area contributed by atoms with Crippen LogP contribution < -0.4 is 0 Å². The number of esters is 1. The summed E-state index contributed by atoms with van der Waals surface area (Å²) in [5, 5.41) is 0. The van der Waals surface area contributed by atoms with Gasteiger partial charge in [-0.1, -0.05) is 48.0 Å². The van der Waals surface area contributed by atoms with Crippen molar-refractivity contribution in [3.8, 4) is 0 Å². The van der Waals surface area contributed by atoms with Crippen LogP contribution in [-0.2, 0) is 9.53 Å². The standard InChI is InChI=1S/C20H36O2/c1-13(2)16-9-8-14(3)12-17(16)22-18(21)20(7)11-10-15(4)19(20,5)6/h13-17H,8-12H2,1-7H3. The van der Waals surface area contributed by atoms with Crippen molar-refractivity contribution in [1.82, 2.24) is 0 Å². The summed E-state index contributed by atoms with van der Waals surface area (Å²) in [7, 11) is 0. The van der Waals surface area contributed by atoms with Gasteiger partial charge in [0.15, 0.2) is 0 Å². The lowest BCUT2D eigenvalue weighted by Gasteiger charge is -2.42. The average molecular weight is 309 g/mol. The van der Waals surface area contributed by atoms with Gasteiger partial charge in [-0.05, 0) is 61.7 Å². The highest BCUT2D eigenvalue weighted by atomic mass is 16.5. The Balaban J connectivity index is 2.13. The normalized spacial score (nSPS) is 41.6. The van der Waals surface area contributed by atoms with E-state index in [0.717, 1.165) is 19.3 Å². The van der Waals surface area contributed by atoms with Gasteiger partial charge in [0, 0.05) is 0 Å². The maximum Gasteiger partial charge on any atom is 0.312 e. The van der Waals surface area contributed by atoms with Crippen LogP contribution in [0.4, 0.5) is 0 Å². The Bertz CT molecular complexity index is 412. The van der Waals surface area contributed by atoms with E-state index < -0.39 is 0 Å². The van der Waals surface area contributed by atoms with E-state index in [0.29, 0.717) is 23.7 Å². The van der Waals surface area contributed by atoms with Crippen molar-refractivity contribution < 1.29 is 9.53 Å². The highest BCUT2D eigenvalue weighted by Gasteiger charge is 2.55. The minimum Gasteiger partial charge on any atom is -0.462 e. The predicted molar refractivity (Wildman–Crippen MR) is 91.5 cm³/mol. The molecular weight excluding hydrogens is 272 g/mol. The van der Waals surface area contributed by atoms with E-state index in [4.69, 9.17) is 4.74 Å². The van der Waals surface area contributed by atoms with Gasteiger partial charge in [0.2, 0.25) is 0 Å². The van der Waals surface area contributed by atoms with Crippen LogP contribution in [0.1, 0.15) is 80.6 Å². The molecule has 22 heavy (non-hydrogen) atoms. The zero-order valence-corrected chi connectivity index (χ0v) is 15.7. The Morgan fingerprint density at radius 3 is 2.23 bits per heavy atom. The van der Waals surface area contributed by atoms with Crippen LogP contribution in [0.25, 0.3) is 0 Å². The molecule has 2 aliphatic carbocycles. The SMILES string of the molecule is CC1CCC(C(C)C)C(OC(=O)C2(C)CCC(C)C2(C)C)C1. The summed E-state index contributed by atoms with van der Waals surface area (Å²) in [6.45, 7) is 15.7. The number of hydrogen-bond acceptors (Lipinski definition) is 2. The molecule has 5 atom stereocenters. The lowest BCUT2D eigenvalue weighted by molar-refractivity contribution is -0.174. The quantitative estimate of drug-likeness (QED) is 0.648. The van der Waals surface area contributed by atoms with Gasteiger partial charge >= 0.3 is 5.97 Å². The summed E-state index contributed by atoms with van der Waals surface area (Å²) in [6.07, 6.45) is 5.74. The smallest absolute Gasteiger partial charge is 0.312 e. The molecular formula is C20H36O2. The van der Waals surface area contributed by atoms with Crippen LogP contribution in [0.15, 0.2) is 0 Å². The minimum atomic E-state index is -0.325. The van der Waals surface area contributed by atoms with Crippen molar-refractivity contribution in [2.45, 2.75) is 86.7 Å². The fraction of sp³-hybridized carbons (Fsp3) is 0.950. The van der Waals surface area contributed by atoms with E-state index >= 15 is 0 Å². The van der Waals surface area contributed by atoms with Crippen molar-refractivity contribution in [1.29, 1.82) is 0 Å². The second-order valence-corrected chi connectivity index (χ2v) is 9.26. The first-order chi connectivity index (χ1) is 10.1. The Hall–Kier alpha value is -0.530. The number of ether oxygens (including phenoxy) is 1. The summed E-state index contributed by atoms with van der Waals surface area (Å²) in [6, 6.07) is 0. The lowest BCUT2D eigenvalue weighted by atomic mass is 9.66. The Labute approximate surface area is 137 Å². The third-order valence-corrected chi connectivity index (χ3v) is 7.40. The van der Waals surface area contributed by atoms with Gasteiger partial charge in [-0.15, -0.1) is 0 Å². The molecule has 5 unspecified atom stereocenters. The lowest BCUT2D eigenvalue weighted by Crippen LogP contribution is -2.45. The van der Waals surface area contributed by atoms with E-state index in [-0.39, 0.29) is 22.9 Å². The van der Waals surface area contributed by atoms with Crippen molar-refractivity contribution in [2.24, 2.45) is 34.5 Å².